The minimum absolute atomic E-state index is 0.0542. The van der Waals surface area contributed by atoms with Gasteiger partial charge in [0.1, 0.15) is 0 Å². The van der Waals surface area contributed by atoms with Gasteiger partial charge in [-0.05, 0) is 41.0 Å². The Bertz CT molecular complexity index is 767. The molecule has 0 spiro atoms. The van der Waals surface area contributed by atoms with Gasteiger partial charge >= 0.3 is 0 Å². The third-order valence-corrected chi connectivity index (χ3v) is 4.17. The van der Waals surface area contributed by atoms with Gasteiger partial charge < -0.3 is 15.5 Å². The van der Waals surface area contributed by atoms with Crippen molar-refractivity contribution in [2.75, 3.05) is 19.4 Å². The number of fused-ring (bicyclic) bond motifs is 1. The molecule has 0 atom stereocenters. The number of hydrogen-bond donors (Lipinski definition) is 2. The first-order valence-electron chi connectivity index (χ1n) is 7.96. The second-order valence-corrected chi connectivity index (χ2v) is 6.20. The van der Waals surface area contributed by atoms with Crippen molar-refractivity contribution in [3.05, 3.63) is 64.7 Å². The summed E-state index contributed by atoms with van der Waals surface area (Å²) >= 11 is 0. The van der Waals surface area contributed by atoms with Crippen molar-refractivity contribution in [3.8, 4) is 0 Å². The molecule has 2 aromatic rings. The minimum atomic E-state index is -0.123. The fourth-order valence-corrected chi connectivity index (χ4v) is 2.68. The second kappa shape index (κ2) is 6.84. The molecule has 1 heterocycles. The van der Waals surface area contributed by atoms with Crippen LogP contribution in [0.2, 0.25) is 0 Å². The summed E-state index contributed by atoms with van der Waals surface area (Å²) in [5, 5.41) is 6.17. The lowest BCUT2D eigenvalue weighted by molar-refractivity contribution is -0.127. The zero-order valence-electron chi connectivity index (χ0n) is 13.9. The van der Waals surface area contributed by atoms with Crippen molar-refractivity contribution in [2.45, 2.75) is 19.5 Å². The van der Waals surface area contributed by atoms with Gasteiger partial charge in [-0.3, -0.25) is 9.59 Å². The topological polar surface area (TPSA) is 61.4 Å². The van der Waals surface area contributed by atoms with Gasteiger partial charge in [-0.1, -0.05) is 18.2 Å². The van der Waals surface area contributed by atoms with Crippen LogP contribution in [0.1, 0.15) is 27.0 Å². The first-order valence-corrected chi connectivity index (χ1v) is 7.96. The molecule has 124 valence electrons. The fraction of sp³-hybridized carbons (Fsp3) is 0.263. The number of rotatable bonds is 4. The molecule has 2 N–H and O–H groups in total. The Kier molecular flexibility index (Phi) is 4.62. The maximum absolute atomic E-state index is 12.4. The molecule has 0 aliphatic carbocycles. The van der Waals surface area contributed by atoms with Crippen LogP contribution < -0.4 is 10.6 Å². The van der Waals surface area contributed by atoms with E-state index < -0.39 is 0 Å². The number of anilines is 1. The molecule has 3 rings (SSSR count). The Labute approximate surface area is 141 Å². The summed E-state index contributed by atoms with van der Waals surface area (Å²) in [6.45, 7) is 1.68. The van der Waals surface area contributed by atoms with E-state index in [4.69, 9.17) is 0 Å². The largest absolute Gasteiger partial charge is 0.349 e. The van der Waals surface area contributed by atoms with Gasteiger partial charge in [0.05, 0.1) is 6.42 Å². The highest BCUT2D eigenvalue weighted by molar-refractivity contribution is 6.04. The molecular formula is C19H21N3O2. The summed E-state index contributed by atoms with van der Waals surface area (Å²) < 4.78 is 0. The number of hydrogen-bond acceptors (Lipinski definition) is 3. The van der Waals surface area contributed by atoms with E-state index in [1.807, 2.05) is 42.5 Å². The molecule has 24 heavy (non-hydrogen) atoms. The number of carbonyl (C=O) groups is 2. The quantitative estimate of drug-likeness (QED) is 0.906. The van der Waals surface area contributed by atoms with E-state index in [9.17, 15) is 9.59 Å². The van der Waals surface area contributed by atoms with Gasteiger partial charge in [0, 0.05) is 38.4 Å². The molecule has 1 aliphatic heterocycles. The highest BCUT2D eigenvalue weighted by atomic mass is 16.2. The Morgan fingerprint density at radius 2 is 1.75 bits per heavy atom. The molecule has 0 saturated heterocycles. The van der Waals surface area contributed by atoms with Crippen molar-refractivity contribution in [3.63, 3.8) is 0 Å². The molecule has 5 nitrogen and oxygen atoms in total. The van der Waals surface area contributed by atoms with E-state index >= 15 is 0 Å². The number of amides is 2. The first kappa shape index (κ1) is 16.2. The van der Waals surface area contributed by atoms with Gasteiger partial charge in [-0.2, -0.15) is 0 Å². The maximum Gasteiger partial charge on any atom is 0.255 e. The summed E-state index contributed by atoms with van der Waals surface area (Å²) in [7, 11) is 3.48. The zero-order valence-corrected chi connectivity index (χ0v) is 13.9. The van der Waals surface area contributed by atoms with Crippen LogP contribution in [-0.4, -0.2) is 30.8 Å². The van der Waals surface area contributed by atoms with Crippen molar-refractivity contribution in [1.29, 1.82) is 0 Å². The number of likely N-dealkylation sites (N-methyl/N-ethyl adjacent to an activating group) is 1. The van der Waals surface area contributed by atoms with Crippen LogP contribution in [0.15, 0.2) is 42.5 Å². The van der Waals surface area contributed by atoms with Crippen molar-refractivity contribution >= 4 is 17.5 Å². The van der Waals surface area contributed by atoms with E-state index in [1.54, 1.807) is 19.0 Å². The zero-order chi connectivity index (χ0) is 17.1. The lowest BCUT2D eigenvalue weighted by atomic mass is 10.1. The Balaban J connectivity index is 1.65. The van der Waals surface area contributed by atoms with Gasteiger partial charge in [0.15, 0.2) is 0 Å². The number of carbonyl (C=O) groups excluding carboxylic acids is 2. The maximum atomic E-state index is 12.4. The molecular weight excluding hydrogens is 302 g/mol. The predicted octanol–water partition coefficient (Wildman–Crippen LogP) is 2.17. The van der Waals surface area contributed by atoms with Gasteiger partial charge in [-0.15, -0.1) is 0 Å². The minimum Gasteiger partial charge on any atom is -0.349 e. The van der Waals surface area contributed by atoms with Crippen LogP contribution in [-0.2, 0) is 24.3 Å². The second-order valence-electron chi connectivity index (χ2n) is 6.20. The monoisotopic (exact) mass is 323 g/mol. The van der Waals surface area contributed by atoms with Crippen LogP contribution in [0.5, 0.6) is 0 Å². The third kappa shape index (κ3) is 3.63. The molecule has 0 unspecified atom stereocenters. The van der Waals surface area contributed by atoms with Crippen molar-refractivity contribution in [2.24, 2.45) is 0 Å². The van der Waals surface area contributed by atoms with Gasteiger partial charge in [0.2, 0.25) is 5.91 Å². The van der Waals surface area contributed by atoms with Crippen molar-refractivity contribution < 1.29 is 9.59 Å². The smallest absolute Gasteiger partial charge is 0.255 e. The normalized spacial score (nSPS) is 12.6. The van der Waals surface area contributed by atoms with E-state index in [1.165, 1.54) is 11.1 Å². The fourth-order valence-electron chi connectivity index (χ4n) is 2.68. The lowest BCUT2D eigenvalue weighted by Crippen LogP contribution is -2.23. The summed E-state index contributed by atoms with van der Waals surface area (Å²) in [6.07, 6.45) is 0.360. The molecule has 0 aromatic heterocycles. The molecule has 0 radical (unpaired) electrons. The highest BCUT2D eigenvalue weighted by Crippen LogP contribution is 2.18. The van der Waals surface area contributed by atoms with Crippen LogP contribution in [0.3, 0.4) is 0 Å². The van der Waals surface area contributed by atoms with E-state index in [0.717, 1.165) is 24.3 Å². The van der Waals surface area contributed by atoms with Crippen molar-refractivity contribution in [1.82, 2.24) is 10.2 Å². The first-order chi connectivity index (χ1) is 11.5. The van der Waals surface area contributed by atoms with E-state index in [2.05, 4.69) is 10.6 Å². The van der Waals surface area contributed by atoms with Crippen LogP contribution >= 0.6 is 0 Å². The van der Waals surface area contributed by atoms with Crippen LogP contribution in [0.25, 0.3) is 0 Å². The Hall–Kier alpha value is -2.66. The lowest BCUT2D eigenvalue weighted by Gasteiger charge is -2.11. The Morgan fingerprint density at radius 1 is 1.04 bits per heavy atom. The predicted molar refractivity (Wildman–Crippen MR) is 93.8 cm³/mol. The van der Waals surface area contributed by atoms with Crippen LogP contribution in [0.4, 0.5) is 5.69 Å². The molecule has 1 aliphatic rings. The highest BCUT2D eigenvalue weighted by Gasteiger charge is 2.13. The molecule has 2 aromatic carbocycles. The number of nitrogens with zero attached hydrogens (tertiary/aromatic N) is 1. The standard InChI is InChI=1S/C19H21N3O2/c1-22(2)18(23)9-13-3-7-17(8-4-13)21-19(24)14-5-6-15-11-20-12-16(15)10-14/h3-8,10,20H,9,11-12H2,1-2H3,(H,21,24). The average molecular weight is 323 g/mol. The van der Waals surface area contributed by atoms with E-state index in [0.29, 0.717) is 12.0 Å². The molecule has 0 saturated carbocycles. The van der Waals surface area contributed by atoms with Gasteiger partial charge in [-0.25, -0.2) is 0 Å². The SMILES string of the molecule is CN(C)C(=O)Cc1ccc(NC(=O)c2ccc3c(c2)CNC3)cc1. The van der Waals surface area contributed by atoms with E-state index in [-0.39, 0.29) is 11.8 Å². The molecule has 0 fully saturated rings. The summed E-state index contributed by atoms with van der Waals surface area (Å²) in [6, 6.07) is 13.2. The Morgan fingerprint density at radius 3 is 2.46 bits per heavy atom. The number of benzene rings is 2. The molecule has 5 heteroatoms. The number of nitrogens with one attached hydrogen (secondary N) is 2. The average Bonchev–Trinajstić information content (AvgIpc) is 3.04. The third-order valence-electron chi connectivity index (χ3n) is 4.17. The van der Waals surface area contributed by atoms with Gasteiger partial charge in [0.25, 0.3) is 5.91 Å². The summed E-state index contributed by atoms with van der Waals surface area (Å²) in [5.41, 5.74) is 4.74. The summed E-state index contributed by atoms with van der Waals surface area (Å²) in [5.74, 6) is -0.0691. The van der Waals surface area contributed by atoms with Crippen LogP contribution in [0, 0.1) is 0 Å². The molecule has 0 bridgehead atoms. The summed E-state index contributed by atoms with van der Waals surface area (Å²) in [4.78, 5) is 25.6. The molecule has 2 amide bonds.